The van der Waals surface area contributed by atoms with E-state index in [-0.39, 0.29) is 29.9 Å². The Kier molecular flexibility index (Phi) is 6.66. The van der Waals surface area contributed by atoms with Gasteiger partial charge in [-0.1, -0.05) is 17.7 Å². The molecule has 0 spiro atoms. The fourth-order valence-corrected chi connectivity index (χ4v) is 3.85. The molecule has 1 aliphatic heterocycles. The van der Waals surface area contributed by atoms with Gasteiger partial charge in [0.15, 0.2) is 0 Å². The Bertz CT molecular complexity index is 967. The smallest absolute Gasteiger partial charge is 0.296 e. The SMILES string of the molecule is Cc1ccc(S(=O)(=O)OCCCOc2ccc(C(=O)N3CCCC3=O)cc2)cc1. The van der Waals surface area contributed by atoms with E-state index in [1.54, 1.807) is 36.4 Å². The Labute approximate surface area is 170 Å². The first kappa shape index (κ1) is 21.0. The Morgan fingerprint density at radius 3 is 2.34 bits per heavy atom. The van der Waals surface area contributed by atoms with E-state index < -0.39 is 10.1 Å². The number of nitrogens with zero attached hydrogens (tertiary/aromatic N) is 1. The maximum Gasteiger partial charge on any atom is 0.296 e. The molecule has 154 valence electrons. The maximum atomic E-state index is 12.3. The first-order valence-corrected chi connectivity index (χ1v) is 10.8. The van der Waals surface area contributed by atoms with Crippen LogP contribution >= 0.6 is 0 Å². The van der Waals surface area contributed by atoms with Gasteiger partial charge >= 0.3 is 0 Å². The molecule has 0 saturated carbocycles. The molecule has 0 unspecified atom stereocenters. The third-order valence-corrected chi connectivity index (χ3v) is 5.85. The van der Waals surface area contributed by atoms with Crippen molar-refractivity contribution in [2.24, 2.45) is 0 Å². The fourth-order valence-electron chi connectivity index (χ4n) is 2.90. The van der Waals surface area contributed by atoms with Crippen LogP contribution in [0.4, 0.5) is 0 Å². The van der Waals surface area contributed by atoms with Crippen LogP contribution in [0.3, 0.4) is 0 Å². The highest BCUT2D eigenvalue weighted by Crippen LogP contribution is 2.18. The molecular weight excluding hydrogens is 394 g/mol. The number of aryl methyl sites for hydroxylation is 1. The summed E-state index contributed by atoms with van der Waals surface area (Å²) in [6, 6.07) is 13.0. The highest BCUT2D eigenvalue weighted by Gasteiger charge is 2.27. The second-order valence-corrected chi connectivity index (χ2v) is 8.38. The van der Waals surface area contributed by atoms with Gasteiger partial charge in [0.25, 0.3) is 16.0 Å². The summed E-state index contributed by atoms with van der Waals surface area (Å²) in [5.74, 6) is 0.111. The molecule has 0 N–H and O–H groups in total. The lowest BCUT2D eigenvalue weighted by molar-refractivity contribution is -0.125. The number of ether oxygens (including phenoxy) is 1. The topological polar surface area (TPSA) is 90.0 Å². The summed E-state index contributed by atoms with van der Waals surface area (Å²) in [4.78, 5) is 25.3. The number of carbonyl (C=O) groups is 2. The minimum absolute atomic E-state index is 0.00382. The maximum absolute atomic E-state index is 12.3. The second-order valence-electron chi connectivity index (χ2n) is 6.77. The number of carbonyl (C=O) groups excluding carboxylic acids is 2. The van der Waals surface area contributed by atoms with Gasteiger partial charge in [-0.3, -0.25) is 18.7 Å². The first-order chi connectivity index (χ1) is 13.9. The Hall–Kier alpha value is -2.71. The number of hydrogen-bond donors (Lipinski definition) is 0. The summed E-state index contributed by atoms with van der Waals surface area (Å²) < 4.78 is 34.8. The van der Waals surface area contributed by atoms with Gasteiger partial charge in [0, 0.05) is 24.9 Å². The van der Waals surface area contributed by atoms with Gasteiger partial charge in [-0.25, -0.2) is 0 Å². The predicted molar refractivity (Wildman–Crippen MR) is 106 cm³/mol. The molecule has 3 rings (SSSR count). The van der Waals surface area contributed by atoms with Crippen LogP contribution in [-0.4, -0.2) is 44.9 Å². The number of benzene rings is 2. The van der Waals surface area contributed by atoms with Gasteiger partial charge in [0.1, 0.15) is 5.75 Å². The quantitative estimate of drug-likeness (QED) is 0.373. The monoisotopic (exact) mass is 417 g/mol. The van der Waals surface area contributed by atoms with Gasteiger partial charge in [0.05, 0.1) is 18.1 Å². The van der Waals surface area contributed by atoms with E-state index in [2.05, 4.69) is 0 Å². The van der Waals surface area contributed by atoms with Crippen LogP contribution in [0.2, 0.25) is 0 Å². The minimum Gasteiger partial charge on any atom is -0.494 e. The molecule has 2 aromatic carbocycles. The van der Waals surface area contributed by atoms with Crippen molar-refractivity contribution in [3.63, 3.8) is 0 Å². The average molecular weight is 417 g/mol. The van der Waals surface area contributed by atoms with Crippen molar-refractivity contribution < 1.29 is 26.9 Å². The van der Waals surface area contributed by atoms with Gasteiger partial charge in [-0.15, -0.1) is 0 Å². The lowest BCUT2D eigenvalue weighted by Gasteiger charge is -2.13. The third-order valence-electron chi connectivity index (χ3n) is 4.53. The van der Waals surface area contributed by atoms with Crippen LogP contribution < -0.4 is 4.74 Å². The number of amides is 2. The summed E-state index contributed by atoms with van der Waals surface area (Å²) in [7, 11) is -3.78. The zero-order valence-corrected chi connectivity index (χ0v) is 17.0. The fraction of sp³-hybridized carbons (Fsp3) is 0.333. The van der Waals surface area contributed by atoms with Gasteiger partial charge < -0.3 is 4.74 Å². The number of likely N-dealkylation sites (tertiary alicyclic amines) is 1. The highest BCUT2D eigenvalue weighted by atomic mass is 32.2. The largest absolute Gasteiger partial charge is 0.494 e. The zero-order valence-electron chi connectivity index (χ0n) is 16.2. The van der Waals surface area contributed by atoms with E-state index in [1.807, 2.05) is 6.92 Å². The van der Waals surface area contributed by atoms with Gasteiger partial charge in [0.2, 0.25) is 5.91 Å². The normalized spacial score (nSPS) is 14.2. The molecule has 0 radical (unpaired) electrons. The van der Waals surface area contributed by atoms with Crippen molar-refractivity contribution in [2.45, 2.75) is 31.1 Å². The molecule has 2 amide bonds. The molecule has 0 aromatic heterocycles. The molecule has 1 aliphatic rings. The number of imide groups is 1. The first-order valence-electron chi connectivity index (χ1n) is 9.40. The second kappa shape index (κ2) is 9.19. The van der Waals surface area contributed by atoms with Crippen LogP contribution in [0.15, 0.2) is 53.4 Å². The van der Waals surface area contributed by atoms with E-state index in [9.17, 15) is 18.0 Å². The summed E-state index contributed by atoms with van der Waals surface area (Å²) >= 11 is 0. The van der Waals surface area contributed by atoms with Crippen LogP contribution in [0, 0.1) is 6.92 Å². The molecule has 1 fully saturated rings. The summed E-state index contributed by atoms with van der Waals surface area (Å²) in [5.41, 5.74) is 1.40. The molecule has 7 nitrogen and oxygen atoms in total. The molecule has 29 heavy (non-hydrogen) atoms. The standard InChI is InChI=1S/C21H23NO6S/c1-16-5-11-19(12-6-16)29(25,26)28-15-3-14-27-18-9-7-17(8-10-18)21(24)22-13-2-4-20(22)23/h5-12H,2-4,13-15H2,1H3. The van der Waals surface area contributed by atoms with E-state index in [0.29, 0.717) is 37.1 Å². The van der Waals surface area contributed by atoms with E-state index in [0.717, 1.165) is 5.56 Å². The summed E-state index contributed by atoms with van der Waals surface area (Å²) in [6.45, 7) is 2.61. The van der Waals surface area contributed by atoms with Crippen molar-refractivity contribution in [1.82, 2.24) is 4.90 Å². The van der Waals surface area contributed by atoms with Crippen LogP contribution in [0.5, 0.6) is 5.75 Å². The molecule has 0 aliphatic carbocycles. The Morgan fingerprint density at radius 1 is 1.03 bits per heavy atom. The van der Waals surface area contributed by atoms with Crippen molar-refractivity contribution in [2.75, 3.05) is 19.8 Å². The van der Waals surface area contributed by atoms with Crippen molar-refractivity contribution in [3.05, 3.63) is 59.7 Å². The molecule has 0 atom stereocenters. The zero-order chi connectivity index (χ0) is 20.9. The lowest BCUT2D eigenvalue weighted by Crippen LogP contribution is -2.31. The van der Waals surface area contributed by atoms with E-state index in [4.69, 9.17) is 8.92 Å². The minimum atomic E-state index is -3.78. The van der Waals surface area contributed by atoms with Gasteiger partial charge in [-0.2, -0.15) is 8.42 Å². The van der Waals surface area contributed by atoms with E-state index in [1.165, 1.54) is 17.0 Å². The summed E-state index contributed by atoms with van der Waals surface area (Å²) in [5, 5.41) is 0. The van der Waals surface area contributed by atoms with Crippen molar-refractivity contribution in [1.29, 1.82) is 0 Å². The van der Waals surface area contributed by atoms with Crippen molar-refractivity contribution >= 4 is 21.9 Å². The van der Waals surface area contributed by atoms with Gasteiger partial charge in [-0.05, 0) is 49.7 Å². The molecule has 0 bridgehead atoms. The number of rotatable bonds is 8. The third kappa shape index (κ3) is 5.42. The molecule has 1 saturated heterocycles. The number of hydrogen-bond acceptors (Lipinski definition) is 6. The highest BCUT2D eigenvalue weighted by molar-refractivity contribution is 7.86. The van der Waals surface area contributed by atoms with Crippen molar-refractivity contribution in [3.8, 4) is 5.75 Å². The lowest BCUT2D eigenvalue weighted by atomic mass is 10.2. The Balaban J connectivity index is 1.43. The van der Waals surface area contributed by atoms with Crippen LogP contribution in [0.25, 0.3) is 0 Å². The molecular formula is C21H23NO6S. The average Bonchev–Trinajstić information content (AvgIpc) is 3.14. The molecule has 8 heteroatoms. The van der Waals surface area contributed by atoms with Crippen LogP contribution in [0.1, 0.15) is 35.2 Å². The Morgan fingerprint density at radius 2 is 1.72 bits per heavy atom. The summed E-state index contributed by atoms with van der Waals surface area (Å²) in [6.07, 6.45) is 1.50. The molecule has 2 aromatic rings. The molecule has 1 heterocycles. The van der Waals surface area contributed by atoms with Crippen LogP contribution in [-0.2, 0) is 19.1 Å². The predicted octanol–water partition coefficient (Wildman–Crippen LogP) is 2.93. The van der Waals surface area contributed by atoms with E-state index >= 15 is 0 Å².